The number of benzene rings is 3. The van der Waals surface area contributed by atoms with Gasteiger partial charge < -0.3 is 26.8 Å². The second kappa shape index (κ2) is 10.4. The van der Waals surface area contributed by atoms with Gasteiger partial charge in [0.25, 0.3) is 5.91 Å². The zero-order chi connectivity index (χ0) is 23.7. The van der Waals surface area contributed by atoms with Gasteiger partial charge in [-0.05, 0) is 26.2 Å². The van der Waals surface area contributed by atoms with E-state index in [1.165, 1.54) is 11.3 Å². The Bertz CT molecular complexity index is 1320. The summed E-state index contributed by atoms with van der Waals surface area (Å²) in [4.78, 5) is 34.7. The standard InChI is InChI=1S/C26H23N3O4S.ClH/c1-28(2)12-13-29(26-27-20-14-21-22(33-16-32-21)15-23(20)34-26)25(31)19-10-8-18(9-11-19)24(30)17-6-4-3-5-7-17;/h3-11,14-15H,12-13,16H2,1-2H3;1H/p-1. The highest BCUT2D eigenvalue weighted by Gasteiger charge is 2.24. The fourth-order valence-electron chi connectivity index (χ4n) is 3.68. The monoisotopic (exact) mass is 508 g/mol. The Morgan fingerprint density at radius 3 is 2.20 bits per heavy atom. The predicted molar refractivity (Wildman–Crippen MR) is 132 cm³/mol. The first-order chi connectivity index (χ1) is 16.5. The molecule has 0 radical (unpaired) electrons. The molecule has 0 fully saturated rings. The molecule has 0 unspecified atom stereocenters. The highest BCUT2D eigenvalue weighted by atomic mass is 35.5. The molecule has 0 N–H and O–H groups in total. The van der Waals surface area contributed by atoms with Crippen LogP contribution >= 0.6 is 11.3 Å². The molecule has 7 nitrogen and oxygen atoms in total. The lowest BCUT2D eigenvalue weighted by atomic mass is 10.0. The summed E-state index contributed by atoms with van der Waals surface area (Å²) >= 11 is 1.44. The minimum Gasteiger partial charge on any atom is -1.00 e. The van der Waals surface area contributed by atoms with Gasteiger partial charge in [-0.15, -0.1) is 0 Å². The van der Waals surface area contributed by atoms with Gasteiger partial charge >= 0.3 is 0 Å². The van der Waals surface area contributed by atoms with Crippen LogP contribution in [0.1, 0.15) is 26.3 Å². The first-order valence-electron chi connectivity index (χ1n) is 10.9. The minimum atomic E-state index is -0.167. The Morgan fingerprint density at radius 2 is 1.51 bits per heavy atom. The molecule has 0 bridgehead atoms. The average molecular weight is 509 g/mol. The number of carbonyl (C=O) groups is 2. The molecule has 0 atom stereocenters. The number of likely N-dealkylation sites (N-methyl/N-ethyl adjacent to an activating group) is 1. The average Bonchev–Trinajstić information content (AvgIpc) is 3.48. The maximum Gasteiger partial charge on any atom is 0.260 e. The fourth-order valence-corrected chi connectivity index (χ4v) is 4.68. The molecule has 5 rings (SSSR count). The van der Waals surface area contributed by atoms with E-state index in [0.29, 0.717) is 46.4 Å². The van der Waals surface area contributed by atoms with Gasteiger partial charge in [-0.1, -0.05) is 53.8 Å². The summed E-state index contributed by atoms with van der Waals surface area (Å²) < 4.78 is 11.9. The summed E-state index contributed by atoms with van der Waals surface area (Å²) in [5, 5.41) is 0.606. The van der Waals surface area contributed by atoms with Crippen LogP contribution in [0.15, 0.2) is 66.7 Å². The van der Waals surface area contributed by atoms with Crippen molar-refractivity contribution in [3.63, 3.8) is 0 Å². The molecule has 2 heterocycles. The maximum atomic E-state index is 13.5. The maximum absolute atomic E-state index is 13.5. The molecule has 1 amide bonds. The van der Waals surface area contributed by atoms with Crippen LogP contribution in [0.25, 0.3) is 10.2 Å². The number of ether oxygens (including phenoxy) is 2. The molecular weight excluding hydrogens is 486 g/mol. The van der Waals surface area contributed by atoms with Crippen molar-refractivity contribution >= 4 is 38.4 Å². The Balaban J connectivity index is 0.00000289. The summed E-state index contributed by atoms with van der Waals surface area (Å²) in [5.74, 6) is 1.11. The number of carbonyl (C=O) groups excluding carboxylic acids is 2. The summed E-state index contributed by atoms with van der Waals surface area (Å²) in [6, 6.07) is 19.6. The van der Waals surface area contributed by atoms with E-state index in [-0.39, 0.29) is 30.9 Å². The van der Waals surface area contributed by atoms with Crippen molar-refractivity contribution in [1.82, 2.24) is 9.88 Å². The van der Waals surface area contributed by atoms with Crippen molar-refractivity contribution < 1.29 is 31.5 Å². The number of thiazole rings is 1. The van der Waals surface area contributed by atoms with Gasteiger partial charge in [0.15, 0.2) is 22.4 Å². The molecule has 35 heavy (non-hydrogen) atoms. The fraction of sp³-hybridized carbons (Fsp3) is 0.192. The van der Waals surface area contributed by atoms with Crippen LogP contribution in [0, 0.1) is 0 Å². The summed E-state index contributed by atoms with van der Waals surface area (Å²) in [6.45, 7) is 1.35. The first-order valence-corrected chi connectivity index (χ1v) is 11.7. The largest absolute Gasteiger partial charge is 1.00 e. The normalized spacial score (nSPS) is 12.0. The van der Waals surface area contributed by atoms with Gasteiger partial charge in [-0.25, -0.2) is 4.98 Å². The lowest BCUT2D eigenvalue weighted by Crippen LogP contribution is -3.00. The van der Waals surface area contributed by atoms with Gasteiger partial charge in [0.2, 0.25) is 6.79 Å². The SMILES string of the molecule is CN(C)CCN(C(=O)c1ccc(C(=O)c2ccccc2)cc1)c1nc2cc3c(cc2s1)OCO3.[Cl-]. The number of hydrogen-bond acceptors (Lipinski definition) is 7. The quantitative estimate of drug-likeness (QED) is 0.352. The summed E-state index contributed by atoms with van der Waals surface area (Å²) in [7, 11) is 3.93. The molecule has 1 aliphatic rings. The Hall–Kier alpha value is -3.46. The minimum absolute atomic E-state index is 0. The number of hydrogen-bond donors (Lipinski definition) is 0. The second-order valence-electron chi connectivity index (χ2n) is 8.20. The topological polar surface area (TPSA) is 72.0 Å². The van der Waals surface area contributed by atoms with E-state index in [2.05, 4.69) is 0 Å². The van der Waals surface area contributed by atoms with Crippen molar-refractivity contribution in [2.24, 2.45) is 0 Å². The van der Waals surface area contributed by atoms with E-state index in [0.717, 1.165) is 10.2 Å². The highest BCUT2D eigenvalue weighted by Crippen LogP contribution is 2.40. The lowest BCUT2D eigenvalue weighted by Gasteiger charge is -2.22. The predicted octanol–water partition coefficient (Wildman–Crippen LogP) is 1.47. The van der Waals surface area contributed by atoms with E-state index >= 15 is 0 Å². The lowest BCUT2D eigenvalue weighted by molar-refractivity contribution is -0.0000230. The Kier molecular flexibility index (Phi) is 7.35. The number of amides is 1. The number of ketones is 1. The van der Waals surface area contributed by atoms with Crippen LogP contribution in [0.5, 0.6) is 11.5 Å². The van der Waals surface area contributed by atoms with Crippen LogP contribution in [-0.2, 0) is 0 Å². The molecule has 1 aromatic heterocycles. The van der Waals surface area contributed by atoms with Gasteiger partial charge in [0.1, 0.15) is 0 Å². The number of halogens is 1. The van der Waals surface area contributed by atoms with E-state index in [4.69, 9.17) is 14.5 Å². The third-order valence-electron chi connectivity index (χ3n) is 5.55. The first kappa shape index (κ1) is 24.7. The van der Waals surface area contributed by atoms with E-state index < -0.39 is 0 Å². The zero-order valence-electron chi connectivity index (χ0n) is 19.2. The van der Waals surface area contributed by atoms with Crippen molar-refractivity contribution in [2.75, 3.05) is 38.9 Å². The van der Waals surface area contributed by atoms with Crippen molar-refractivity contribution in [3.05, 3.63) is 83.4 Å². The van der Waals surface area contributed by atoms with E-state index in [9.17, 15) is 9.59 Å². The molecule has 180 valence electrons. The Labute approximate surface area is 213 Å². The summed E-state index contributed by atoms with van der Waals surface area (Å²) in [5.41, 5.74) is 2.41. The number of anilines is 1. The van der Waals surface area contributed by atoms with E-state index in [1.807, 2.05) is 49.3 Å². The molecule has 0 saturated heterocycles. The Morgan fingerprint density at radius 1 is 0.886 bits per heavy atom. The zero-order valence-corrected chi connectivity index (χ0v) is 20.8. The van der Waals surface area contributed by atoms with Gasteiger partial charge in [-0.3, -0.25) is 14.5 Å². The third-order valence-corrected chi connectivity index (χ3v) is 6.59. The van der Waals surface area contributed by atoms with Crippen LogP contribution < -0.4 is 26.8 Å². The van der Waals surface area contributed by atoms with Crippen molar-refractivity contribution in [1.29, 1.82) is 0 Å². The molecule has 3 aromatic carbocycles. The molecule has 9 heteroatoms. The number of rotatable bonds is 7. The van der Waals surface area contributed by atoms with Crippen LogP contribution in [0.3, 0.4) is 0 Å². The smallest absolute Gasteiger partial charge is 0.260 e. The number of aromatic nitrogens is 1. The molecule has 1 aliphatic heterocycles. The van der Waals surface area contributed by atoms with Gasteiger partial charge in [0, 0.05) is 41.9 Å². The molecular formula is C26H23ClN3O4S-. The van der Waals surface area contributed by atoms with Crippen LogP contribution in [-0.4, -0.2) is 55.6 Å². The van der Waals surface area contributed by atoms with Crippen LogP contribution in [0.2, 0.25) is 0 Å². The second-order valence-corrected chi connectivity index (χ2v) is 9.21. The third kappa shape index (κ3) is 5.14. The highest BCUT2D eigenvalue weighted by molar-refractivity contribution is 7.22. The van der Waals surface area contributed by atoms with Crippen molar-refractivity contribution in [2.45, 2.75) is 0 Å². The molecule has 0 aliphatic carbocycles. The van der Waals surface area contributed by atoms with Crippen molar-refractivity contribution in [3.8, 4) is 11.5 Å². The van der Waals surface area contributed by atoms with E-state index in [1.54, 1.807) is 41.3 Å². The number of nitrogens with zero attached hydrogens (tertiary/aromatic N) is 3. The molecule has 0 spiro atoms. The number of fused-ring (bicyclic) bond motifs is 2. The summed E-state index contributed by atoms with van der Waals surface area (Å²) in [6.07, 6.45) is 0. The van der Waals surface area contributed by atoms with Gasteiger partial charge in [-0.2, -0.15) is 0 Å². The van der Waals surface area contributed by atoms with Crippen LogP contribution in [0.4, 0.5) is 5.13 Å². The molecule has 0 saturated carbocycles. The molecule has 4 aromatic rings. The van der Waals surface area contributed by atoms with Gasteiger partial charge in [0.05, 0.1) is 10.2 Å².